The molecule has 0 atom stereocenters. The molecular formula is C17H30N4. The van der Waals surface area contributed by atoms with Crippen LogP contribution in [0.3, 0.4) is 0 Å². The summed E-state index contributed by atoms with van der Waals surface area (Å²) in [5.74, 6) is 2.90. The molecule has 1 aromatic rings. The van der Waals surface area contributed by atoms with Crippen LogP contribution in [0.1, 0.15) is 64.3 Å². The van der Waals surface area contributed by atoms with E-state index < -0.39 is 0 Å². The number of aryl methyl sites for hydroxylation is 1. The van der Waals surface area contributed by atoms with E-state index in [4.69, 9.17) is 4.98 Å². The first-order chi connectivity index (χ1) is 10.1. The van der Waals surface area contributed by atoms with Gasteiger partial charge in [0.05, 0.1) is 0 Å². The van der Waals surface area contributed by atoms with E-state index in [0.717, 1.165) is 42.5 Å². The summed E-state index contributed by atoms with van der Waals surface area (Å²) in [5.41, 5.74) is 1.61. The summed E-state index contributed by atoms with van der Waals surface area (Å²) in [7, 11) is 0. The third-order valence-corrected chi connectivity index (χ3v) is 4.90. The Morgan fingerprint density at radius 1 is 1.00 bits per heavy atom. The van der Waals surface area contributed by atoms with Crippen molar-refractivity contribution in [3.05, 3.63) is 11.4 Å². The Hall–Kier alpha value is -1.32. The van der Waals surface area contributed by atoms with Gasteiger partial charge in [0.15, 0.2) is 0 Å². The summed E-state index contributed by atoms with van der Waals surface area (Å²) >= 11 is 0. The highest BCUT2D eigenvalue weighted by atomic mass is 15.1. The highest BCUT2D eigenvalue weighted by Gasteiger charge is 2.31. The predicted molar refractivity (Wildman–Crippen MR) is 90.0 cm³/mol. The van der Waals surface area contributed by atoms with Gasteiger partial charge in [-0.1, -0.05) is 26.7 Å². The molecule has 2 N–H and O–H groups in total. The second-order valence-corrected chi connectivity index (χ2v) is 6.26. The van der Waals surface area contributed by atoms with Crippen molar-refractivity contribution in [2.45, 2.75) is 66.2 Å². The van der Waals surface area contributed by atoms with E-state index in [1.807, 2.05) is 0 Å². The van der Waals surface area contributed by atoms with Gasteiger partial charge in [-0.3, -0.25) is 0 Å². The van der Waals surface area contributed by atoms with Crippen molar-refractivity contribution >= 4 is 11.6 Å². The monoisotopic (exact) mass is 290 g/mol. The van der Waals surface area contributed by atoms with Gasteiger partial charge in [0.2, 0.25) is 0 Å². The first kappa shape index (κ1) is 16.1. The third kappa shape index (κ3) is 3.66. The third-order valence-electron chi connectivity index (χ3n) is 4.90. The SMILES string of the molecule is CCNc1nc(CC)nc(NCC2(CC)CCCC2)c1C. The summed E-state index contributed by atoms with van der Waals surface area (Å²) in [6, 6.07) is 0. The number of nitrogens with one attached hydrogen (secondary N) is 2. The van der Waals surface area contributed by atoms with Gasteiger partial charge in [-0.2, -0.15) is 0 Å². The smallest absolute Gasteiger partial charge is 0.134 e. The van der Waals surface area contributed by atoms with E-state index in [-0.39, 0.29) is 0 Å². The lowest BCUT2D eigenvalue weighted by atomic mass is 9.83. The fourth-order valence-corrected chi connectivity index (χ4v) is 3.28. The van der Waals surface area contributed by atoms with Crippen LogP contribution in [-0.4, -0.2) is 23.1 Å². The zero-order chi connectivity index (χ0) is 15.3. The van der Waals surface area contributed by atoms with Gasteiger partial charge in [0.1, 0.15) is 17.5 Å². The van der Waals surface area contributed by atoms with Crippen LogP contribution in [-0.2, 0) is 6.42 Å². The minimum atomic E-state index is 0.474. The normalized spacial score (nSPS) is 17.0. The lowest BCUT2D eigenvalue weighted by Gasteiger charge is -2.28. The Kier molecular flexibility index (Phi) is 5.43. The zero-order valence-electron chi connectivity index (χ0n) is 14.1. The lowest BCUT2D eigenvalue weighted by molar-refractivity contribution is 0.306. The van der Waals surface area contributed by atoms with Gasteiger partial charge in [0, 0.05) is 25.1 Å². The zero-order valence-corrected chi connectivity index (χ0v) is 14.1. The molecule has 1 aliphatic rings. The molecule has 2 rings (SSSR count). The van der Waals surface area contributed by atoms with E-state index in [0.29, 0.717) is 5.41 Å². The summed E-state index contributed by atoms with van der Waals surface area (Å²) in [5, 5.41) is 6.98. The van der Waals surface area contributed by atoms with Crippen molar-refractivity contribution in [3.63, 3.8) is 0 Å². The first-order valence-corrected chi connectivity index (χ1v) is 8.49. The Balaban J connectivity index is 2.16. The molecule has 4 heteroatoms. The molecule has 4 nitrogen and oxygen atoms in total. The van der Waals surface area contributed by atoms with Gasteiger partial charge in [0.25, 0.3) is 0 Å². The summed E-state index contributed by atoms with van der Waals surface area (Å²) in [4.78, 5) is 9.29. The molecule has 0 spiro atoms. The number of hydrogen-bond acceptors (Lipinski definition) is 4. The van der Waals surface area contributed by atoms with Crippen LogP contribution in [0.2, 0.25) is 0 Å². The topological polar surface area (TPSA) is 49.8 Å². The van der Waals surface area contributed by atoms with Crippen molar-refractivity contribution in [1.82, 2.24) is 9.97 Å². The van der Waals surface area contributed by atoms with Crippen LogP contribution >= 0.6 is 0 Å². The van der Waals surface area contributed by atoms with Crippen LogP contribution in [0.4, 0.5) is 11.6 Å². The summed E-state index contributed by atoms with van der Waals surface area (Å²) in [6.07, 6.45) is 7.57. The Morgan fingerprint density at radius 2 is 1.62 bits per heavy atom. The maximum Gasteiger partial charge on any atom is 0.134 e. The molecule has 1 fully saturated rings. The van der Waals surface area contributed by atoms with Gasteiger partial charge < -0.3 is 10.6 Å². The lowest BCUT2D eigenvalue weighted by Crippen LogP contribution is -2.27. The molecule has 0 saturated heterocycles. The van der Waals surface area contributed by atoms with Crippen LogP contribution in [0, 0.1) is 12.3 Å². The van der Waals surface area contributed by atoms with Gasteiger partial charge >= 0.3 is 0 Å². The molecule has 0 amide bonds. The number of nitrogens with zero attached hydrogens (tertiary/aromatic N) is 2. The molecule has 1 aromatic heterocycles. The summed E-state index contributed by atoms with van der Waals surface area (Å²) < 4.78 is 0. The Labute approximate surface area is 129 Å². The molecule has 1 saturated carbocycles. The van der Waals surface area contributed by atoms with Crippen molar-refractivity contribution in [3.8, 4) is 0 Å². The fraction of sp³-hybridized carbons (Fsp3) is 0.765. The second kappa shape index (κ2) is 7.10. The van der Waals surface area contributed by atoms with Crippen LogP contribution in [0.5, 0.6) is 0 Å². The van der Waals surface area contributed by atoms with Crippen molar-refractivity contribution in [1.29, 1.82) is 0 Å². The molecule has 0 aromatic carbocycles. The van der Waals surface area contributed by atoms with Crippen molar-refractivity contribution in [2.24, 2.45) is 5.41 Å². The van der Waals surface area contributed by atoms with Crippen LogP contribution in [0.25, 0.3) is 0 Å². The maximum absolute atomic E-state index is 4.70. The molecule has 0 bridgehead atoms. The minimum absolute atomic E-state index is 0.474. The van der Waals surface area contributed by atoms with Crippen molar-refractivity contribution in [2.75, 3.05) is 23.7 Å². The Bertz CT molecular complexity index is 464. The molecule has 118 valence electrons. The van der Waals surface area contributed by atoms with E-state index in [1.165, 1.54) is 32.1 Å². The van der Waals surface area contributed by atoms with E-state index in [2.05, 4.69) is 43.3 Å². The van der Waals surface area contributed by atoms with Gasteiger partial charge in [-0.05, 0) is 38.5 Å². The van der Waals surface area contributed by atoms with E-state index >= 15 is 0 Å². The van der Waals surface area contributed by atoms with Crippen LogP contribution < -0.4 is 10.6 Å². The molecule has 1 aliphatic carbocycles. The highest BCUT2D eigenvalue weighted by molar-refractivity contribution is 5.57. The molecule has 0 unspecified atom stereocenters. The van der Waals surface area contributed by atoms with E-state index in [1.54, 1.807) is 0 Å². The maximum atomic E-state index is 4.70. The minimum Gasteiger partial charge on any atom is -0.370 e. The van der Waals surface area contributed by atoms with Gasteiger partial charge in [-0.15, -0.1) is 0 Å². The van der Waals surface area contributed by atoms with Gasteiger partial charge in [-0.25, -0.2) is 9.97 Å². The first-order valence-electron chi connectivity index (χ1n) is 8.49. The average Bonchev–Trinajstić information content (AvgIpc) is 2.97. The molecule has 1 heterocycles. The summed E-state index contributed by atoms with van der Waals surface area (Å²) in [6.45, 7) is 10.6. The molecular weight excluding hydrogens is 260 g/mol. The molecule has 0 radical (unpaired) electrons. The fourth-order valence-electron chi connectivity index (χ4n) is 3.28. The van der Waals surface area contributed by atoms with Crippen molar-refractivity contribution < 1.29 is 0 Å². The number of anilines is 2. The number of hydrogen-bond donors (Lipinski definition) is 2. The molecule has 21 heavy (non-hydrogen) atoms. The molecule has 0 aliphatic heterocycles. The predicted octanol–water partition coefficient (Wildman–Crippen LogP) is 4.16. The standard InChI is InChI=1S/C17H30N4/c1-5-14-20-15(18-7-3)13(4)16(21-14)19-12-17(6-2)10-8-9-11-17/h5-12H2,1-4H3,(H2,18,19,20,21). The number of rotatable bonds is 7. The number of aromatic nitrogens is 2. The van der Waals surface area contributed by atoms with Crippen LogP contribution in [0.15, 0.2) is 0 Å². The highest BCUT2D eigenvalue weighted by Crippen LogP contribution is 2.41. The quantitative estimate of drug-likeness (QED) is 0.791. The second-order valence-electron chi connectivity index (χ2n) is 6.26. The Morgan fingerprint density at radius 3 is 2.14 bits per heavy atom. The average molecular weight is 290 g/mol. The largest absolute Gasteiger partial charge is 0.370 e. The van der Waals surface area contributed by atoms with E-state index in [9.17, 15) is 0 Å².